The normalized spacial score (nSPS) is 19.9. The van der Waals surface area contributed by atoms with Crippen molar-refractivity contribution in [3.63, 3.8) is 0 Å². The number of hydrogen-bond acceptors (Lipinski definition) is 6. The largest absolute Gasteiger partial charge is 0.465 e. The van der Waals surface area contributed by atoms with Crippen molar-refractivity contribution < 1.29 is 22.3 Å². The van der Waals surface area contributed by atoms with E-state index in [1.54, 1.807) is 16.8 Å². The van der Waals surface area contributed by atoms with Crippen LogP contribution in [0.3, 0.4) is 0 Å². The van der Waals surface area contributed by atoms with E-state index in [9.17, 15) is 17.6 Å². The molecule has 2 aliphatic rings. The maximum absolute atomic E-state index is 13.5. The number of aryl methyl sites for hydroxylation is 1. The summed E-state index contributed by atoms with van der Waals surface area (Å²) in [5, 5.41) is 5.25. The lowest BCUT2D eigenvalue weighted by atomic mass is 9.99. The first kappa shape index (κ1) is 19.2. The minimum atomic E-state index is -3.15. The van der Waals surface area contributed by atoms with Gasteiger partial charge in [0.1, 0.15) is 11.5 Å². The van der Waals surface area contributed by atoms with Crippen molar-refractivity contribution in [1.29, 1.82) is 0 Å². The van der Waals surface area contributed by atoms with Gasteiger partial charge in [0.15, 0.2) is 15.5 Å². The number of halogens is 1. The zero-order valence-corrected chi connectivity index (χ0v) is 17.2. The number of pyridine rings is 1. The van der Waals surface area contributed by atoms with Crippen LogP contribution in [0.1, 0.15) is 40.5 Å². The fourth-order valence-corrected chi connectivity index (χ4v) is 6.21. The van der Waals surface area contributed by atoms with Crippen LogP contribution < -0.4 is 0 Å². The van der Waals surface area contributed by atoms with Crippen molar-refractivity contribution >= 4 is 26.8 Å². The average molecular weight is 429 g/mol. The van der Waals surface area contributed by atoms with Crippen molar-refractivity contribution in [2.75, 3.05) is 18.6 Å². The molecular weight excluding hydrogens is 409 g/mol. The summed E-state index contributed by atoms with van der Waals surface area (Å²) >= 11 is 0. The number of nitrogens with zero attached hydrogens (tertiary/aromatic N) is 3. The molecule has 5 rings (SSSR count). The molecule has 1 saturated heterocycles. The highest BCUT2D eigenvalue weighted by Gasteiger charge is 2.35. The second-order valence-corrected chi connectivity index (χ2v) is 10.0. The molecule has 0 saturated carbocycles. The number of rotatable bonds is 3. The summed E-state index contributed by atoms with van der Waals surface area (Å²) in [6, 6.07) is 5.50. The minimum absolute atomic E-state index is 0.0149. The lowest BCUT2D eigenvalue weighted by Gasteiger charge is -2.12. The molecule has 0 radical (unpaired) electrons. The Morgan fingerprint density at radius 3 is 2.67 bits per heavy atom. The summed E-state index contributed by atoms with van der Waals surface area (Å²) in [4.78, 5) is 17.6. The Morgan fingerprint density at radius 2 is 2.00 bits per heavy atom. The van der Waals surface area contributed by atoms with Crippen LogP contribution in [-0.2, 0) is 27.4 Å². The number of esters is 1. The number of fused-ring (bicyclic) bond motifs is 2. The quantitative estimate of drug-likeness (QED) is 0.595. The number of ether oxygens (including phenoxy) is 1. The molecule has 0 spiro atoms. The lowest BCUT2D eigenvalue weighted by molar-refractivity contribution is 0.0601. The van der Waals surface area contributed by atoms with Gasteiger partial charge in [-0.05, 0) is 55.5 Å². The smallest absolute Gasteiger partial charge is 0.339 e. The Hall–Kier alpha value is -2.81. The van der Waals surface area contributed by atoms with E-state index in [2.05, 4.69) is 0 Å². The molecular formula is C21H20FN3O4S. The van der Waals surface area contributed by atoms with E-state index in [1.165, 1.54) is 19.2 Å². The molecule has 0 bridgehead atoms. The molecule has 0 amide bonds. The Balaban J connectivity index is 1.84. The third-order valence-corrected chi connectivity index (χ3v) is 7.68. The molecule has 1 aliphatic carbocycles. The fourth-order valence-electron chi connectivity index (χ4n) is 4.52. The minimum Gasteiger partial charge on any atom is -0.465 e. The molecule has 7 nitrogen and oxygen atoms in total. The Morgan fingerprint density at radius 1 is 1.23 bits per heavy atom. The van der Waals surface area contributed by atoms with Gasteiger partial charge in [0.25, 0.3) is 0 Å². The van der Waals surface area contributed by atoms with Crippen LogP contribution in [0.4, 0.5) is 4.39 Å². The Labute approximate surface area is 172 Å². The van der Waals surface area contributed by atoms with Gasteiger partial charge >= 0.3 is 5.97 Å². The summed E-state index contributed by atoms with van der Waals surface area (Å²) in [7, 11) is -1.81. The number of hydrogen-bond donors (Lipinski definition) is 0. The molecule has 3 aromatic rings. The molecule has 1 aromatic carbocycles. The number of aromatic nitrogens is 3. The van der Waals surface area contributed by atoms with E-state index in [4.69, 9.17) is 14.8 Å². The predicted octanol–water partition coefficient (Wildman–Crippen LogP) is 2.87. The topological polar surface area (TPSA) is 91.2 Å². The van der Waals surface area contributed by atoms with Crippen molar-refractivity contribution in [1.82, 2.24) is 14.8 Å². The Bertz CT molecular complexity index is 1280. The second kappa shape index (κ2) is 6.87. The lowest BCUT2D eigenvalue weighted by Crippen LogP contribution is -2.14. The molecule has 1 atom stereocenters. The van der Waals surface area contributed by atoms with Gasteiger partial charge in [0.05, 0.1) is 35.6 Å². The van der Waals surface area contributed by atoms with Gasteiger partial charge in [0.2, 0.25) is 0 Å². The van der Waals surface area contributed by atoms with Gasteiger partial charge in [-0.15, -0.1) is 0 Å². The summed E-state index contributed by atoms with van der Waals surface area (Å²) in [5.41, 5.74) is 3.72. The van der Waals surface area contributed by atoms with Crippen molar-refractivity contribution in [3.8, 4) is 11.3 Å². The third kappa shape index (κ3) is 2.99. The fraction of sp³-hybridized carbons (Fsp3) is 0.381. The highest BCUT2D eigenvalue weighted by Crippen LogP contribution is 2.38. The van der Waals surface area contributed by atoms with Gasteiger partial charge < -0.3 is 4.74 Å². The van der Waals surface area contributed by atoms with Crippen LogP contribution in [0.5, 0.6) is 0 Å². The first-order chi connectivity index (χ1) is 14.4. The highest BCUT2D eigenvalue weighted by molar-refractivity contribution is 7.91. The van der Waals surface area contributed by atoms with Crippen LogP contribution >= 0.6 is 0 Å². The zero-order chi connectivity index (χ0) is 21.0. The molecule has 0 unspecified atom stereocenters. The maximum Gasteiger partial charge on any atom is 0.339 e. The molecule has 30 heavy (non-hydrogen) atoms. The molecule has 1 fully saturated rings. The van der Waals surface area contributed by atoms with Crippen LogP contribution in [0.2, 0.25) is 0 Å². The molecule has 3 heterocycles. The summed E-state index contributed by atoms with van der Waals surface area (Å²) < 4.78 is 44.4. The van der Waals surface area contributed by atoms with Crippen LogP contribution in [0.15, 0.2) is 24.3 Å². The number of sulfone groups is 1. The molecule has 1 aliphatic heterocycles. The van der Waals surface area contributed by atoms with Crippen LogP contribution in [0, 0.1) is 5.82 Å². The zero-order valence-electron chi connectivity index (χ0n) is 16.4. The van der Waals surface area contributed by atoms with Gasteiger partial charge in [-0.3, -0.25) is 0 Å². The number of methoxy groups -OCH3 is 1. The standard InChI is InChI=1S/C21H20FN3O4S/c1-29-21(26)17-15-3-2-4-16(15)23-20-18(17)19(12-5-7-13(22)8-6-12)24-25(20)14-9-10-30(27,28)11-14/h5-8,14H,2-4,9-11H2,1H3/t14-/m1/s1. The first-order valence-electron chi connectivity index (χ1n) is 9.86. The van der Waals surface area contributed by atoms with E-state index in [0.29, 0.717) is 40.7 Å². The monoisotopic (exact) mass is 429 g/mol. The maximum atomic E-state index is 13.5. The van der Waals surface area contributed by atoms with Gasteiger partial charge in [-0.25, -0.2) is 27.3 Å². The Kier molecular flexibility index (Phi) is 4.39. The third-order valence-electron chi connectivity index (χ3n) is 5.93. The molecule has 9 heteroatoms. The van der Waals surface area contributed by atoms with E-state index >= 15 is 0 Å². The van der Waals surface area contributed by atoms with Crippen molar-refractivity contribution in [2.45, 2.75) is 31.7 Å². The average Bonchev–Trinajstić information content (AvgIpc) is 3.43. The summed E-state index contributed by atoms with van der Waals surface area (Å²) in [5.74, 6) is -0.766. The van der Waals surface area contributed by atoms with Gasteiger partial charge in [-0.2, -0.15) is 5.10 Å². The van der Waals surface area contributed by atoms with Crippen molar-refractivity contribution in [2.24, 2.45) is 0 Å². The van der Waals surface area contributed by atoms with Gasteiger partial charge in [0, 0.05) is 11.3 Å². The van der Waals surface area contributed by atoms with Crippen LogP contribution in [0.25, 0.3) is 22.3 Å². The number of carbonyl (C=O) groups is 1. The molecule has 2 aromatic heterocycles. The van der Waals surface area contributed by atoms with Crippen molar-refractivity contribution in [3.05, 3.63) is 46.9 Å². The van der Waals surface area contributed by atoms with E-state index in [-0.39, 0.29) is 23.4 Å². The van der Waals surface area contributed by atoms with E-state index in [0.717, 1.165) is 24.1 Å². The summed E-state index contributed by atoms with van der Waals surface area (Å²) in [6.07, 6.45) is 2.79. The van der Waals surface area contributed by atoms with E-state index in [1.807, 2.05) is 0 Å². The molecule has 0 N–H and O–H groups in total. The van der Waals surface area contributed by atoms with E-state index < -0.39 is 15.8 Å². The molecule has 156 valence electrons. The number of carbonyl (C=O) groups excluding carboxylic acids is 1. The highest BCUT2D eigenvalue weighted by atomic mass is 32.2. The summed E-state index contributed by atoms with van der Waals surface area (Å²) in [6.45, 7) is 0. The van der Waals surface area contributed by atoms with Crippen LogP contribution in [-0.4, -0.2) is 47.8 Å². The number of benzene rings is 1. The first-order valence-corrected chi connectivity index (χ1v) is 11.7. The predicted molar refractivity (Wildman–Crippen MR) is 109 cm³/mol. The SMILES string of the molecule is COC(=O)c1c2c(nc3c1c(-c1ccc(F)cc1)nn3[C@@H]1CCS(=O)(=O)C1)CCC2. The second-order valence-electron chi connectivity index (χ2n) is 7.81. The van der Waals surface area contributed by atoms with Gasteiger partial charge in [-0.1, -0.05) is 0 Å².